The minimum Gasteiger partial charge on any atom is -0.0622 e. The fourth-order valence-corrected chi connectivity index (χ4v) is 2.26. The Kier molecular flexibility index (Phi) is 6.41. The lowest BCUT2D eigenvalue weighted by molar-refractivity contribution is 0.411. The van der Waals surface area contributed by atoms with Crippen LogP contribution in [0.3, 0.4) is 0 Å². The molecule has 0 aliphatic rings. The van der Waals surface area contributed by atoms with Crippen LogP contribution >= 0.6 is 0 Å². The quantitative estimate of drug-likeness (QED) is 0.558. The summed E-state index contributed by atoms with van der Waals surface area (Å²) in [7, 11) is 0. The number of rotatable bonds is 1. The molecule has 0 amide bonds. The molecule has 0 radical (unpaired) electrons. The SMILES string of the molecule is CC(C)(C)Cc1ccccc1.Cc1ccc(C(C)(C)C)cc1. The largest absolute Gasteiger partial charge is 0.0622 e. The normalized spacial score (nSPS) is 11.6. The highest BCUT2D eigenvalue weighted by atomic mass is 14.2. The second-order valence-electron chi connectivity index (χ2n) is 8.34. The van der Waals surface area contributed by atoms with Gasteiger partial charge in [-0.05, 0) is 35.3 Å². The molecule has 0 saturated carbocycles. The molecule has 22 heavy (non-hydrogen) atoms. The summed E-state index contributed by atoms with van der Waals surface area (Å²) in [5, 5.41) is 0. The van der Waals surface area contributed by atoms with Crippen molar-refractivity contribution in [3.63, 3.8) is 0 Å². The van der Waals surface area contributed by atoms with E-state index in [1.165, 1.54) is 16.7 Å². The fourth-order valence-electron chi connectivity index (χ4n) is 2.26. The van der Waals surface area contributed by atoms with Crippen LogP contribution in [0.1, 0.15) is 58.2 Å². The Morgan fingerprint density at radius 2 is 1.18 bits per heavy atom. The Labute approximate surface area is 137 Å². The van der Waals surface area contributed by atoms with Gasteiger partial charge in [0.25, 0.3) is 0 Å². The van der Waals surface area contributed by atoms with Gasteiger partial charge in [0.1, 0.15) is 0 Å². The first kappa shape index (κ1) is 18.5. The first-order valence-electron chi connectivity index (χ1n) is 8.19. The summed E-state index contributed by atoms with van der Waals surface area (Å²) < 4.78 is 0. The lowest BCUT2D eigenvalue weighted by atomic mass is 9.87. The van der Waals surface area contributed by atoms with Crippen molar-refractivity contribution in [1.82, 2.24) is 0 Å². The maximum absolute atomic E-state index is 2.26. The highest BCUT2D eigenvalue weighted by Crippen LogP contribution is 2.21. The molecule has 0 unspecified atom stereocenters. The fraction of sp³-hybridized carbons (Fsp3) is 0.455. The summed E-state index contributed by atoms with van der Waals surface area (Å²) in [4.78, 5) is 0. The van der Waals surface area contributed by atoms with E-state index in [9.17, 15) is 0 Å². The minimum atomic E-state index is 0.285. The summed E-state index contributed by atoms with van der Waals surface area (Å²) in [5.41, 5.74) is 4.86. The Morgan fingerprint density at radius 3 is 1.59 bits per heavy atom. The highest BCUT2D eigenvalue weighted by molar-refractivity contribution is 5.26. The molecule has 0 aliphatic heterocycles. The van der Waals surface area contributed by atoms with Gasteiger partial charge in [-0.3, -0.25) is 0 Å². The van der Waals surface area contributed by atoms with Crippen molar-refractivity contribution >= 4 is 0 Å². The van der Waals surface area contributed by atoms with Crippen molar-refractivity contribution in [2.24, 2.45) is 5.41 Å². The van der Waals surface area contributed by atoms with E-state index in [2.05, 4.69) is 103 Å². The van der Waals surface area contributed by atoms with E-state index in [4.69, 9.17) is 0 Å². The second kappa shape index (κ2) is 7.63. The van der Waals surface area contributed by atoms with Crippen LogP contribution in [0.2, 0.25) is 0 Å². The summed E-state index contributed by atoms with van der Waals surface area (Å²) in [6, 6.07) is 19.4. The summed E-state index contributed by atoms with van der Waals surface area (Å²) in [5.74, 6) is 0. The number of benzene rings is 2. The Morgan fingerprint density at radius 1 is 0.682 bits per heavy atom. The van der Waals surface area contributed by atoms with Gasteiger partial charge in [0.2, 0.25) is 0 Å². The third-order valence-electron chi connectivity index (χ3n) is 3.49. The molecule has 2 aromatic carbocycles. The van der Waals surface area contributed by atoms with Crippen molar-refractivity contribution in [2.45, 2.75) is 60.3 Å². The molecule has 0 aliphatic carbocycles. The molecule has 2 rings (SSSR count). The van der Waals surface area contributed by atoms with Crippen molar-refractivity contribution in [1.29, 1.82) is 0 Å². The molecule has 0 bridgehead atoms. The van der Waals surface area contributed by atoms with E-state index in [1.54, 1.807) is 0 Å². The van der Waals surface area contributed by atoms with Crippen LogP contribution in [0.5, 0.6) is 0 Å². The molecule has 0 heteroatoms. The van der Waals surface area contributed by atoms with Gasteiger partial charge >= 0.3 is 0 Å². The molecular weight excluding hydrogens is 264 g/mol. The monoisotopic (exact) mass is 296 g/mol. The summed E-state index contributed by atoms with van der Waals surface area (Å²) in [6.45, 7) is 15.6. The highest BCUT2D eigenvalue weighted by Gasteiger charge is 2.12. The lowest BCUT2D eigenvalue weighted by Gasteiger charge is -2.18. The molecule has 0 heterocycles. The van der Waals surface area contributed by atoms with Crippen molar-refractivity contribution < 1.29 is 0 Å². The van der Waals surface area contributed by atoms with Gasteiger partial charge in [-0.2, -0.15) is 0 Å². The Bertz CT molecular complexity index is 533. The minimum absolute atomic E-state index is 0.285. The Hall–Kier alpha value is -1.56. The van der Waals surface area contributed by atoms with Crippen LogP contribution in [-0.2, 0) is 11.8 Å². The predicted octanol–water partition coefficient (Wildman–Crippen LogP) is 6.57. The van der Waals surface area contributed by atoms with Gasteiger partial charge in [0.15, 0.2) is 0 Å². The molecule has 0 spiro atoms. The second-order valence-corrected chi connectivity index (χ2v) is 8.34. The van der Waals surface area contributed by atoms with Crippen LogP contribution in [-0.4, -0.2) is 0 Å². The molecule has 0 nitrogen and oxygen atoms in total. The topological polar surface area (TPSA) is 0 Å². The zero-order valence-corrected chi connectivity index (χ0v) is 15.4. The van der Waals surface area contributed by atoms with Gasteiger partial charge in [-0.25, -0.2) is 0 Å². The summed E-state index contributed by atoms with van der Waals surface area (Å²) >= 11 is 0. The van der Waals surface area contributed by atoms with Crippen LogP contribution in [0.25, 0.3) is 0 Å². The molecule has 2 aromatic rings. The van der Waals surface area contributed by atoms with E-state index in [0.717, 1.165) is 6.42 Å². The third kappa shape index (κ3) is 7.45. The van der Waals surface area contributed by atoms with Crippen LogP contribution in [0.4, 0.5) is 0 Å². The van der Waals surface area contributed by atoms with Crippen molar-refractivity contribution in [3.05, 3.63) is 71.3 Å². The zero-order chi connectivity index (χ0) is 16.8. The van der Waals surface area contributed by atoms with Crippen LogP contribution in [0.15, 0.2) is 54.6 Å². The maximum Gasteiger partial charge on any atom is -0.0132 e. The molecular formula is C22H32. The first-order chi connectivity index (χ1) is 10.1. The van der Waals surface area contributed by atoms with Gasteiger partial charge in [-0.15, -0.1) is 0 Å². The maximum atomic E-state index is 2.26. The van der Waals surface area contributed by atoms with Crippen molar-refractivity contribution in [2.75, 3.05) is 0 Å². The molecule has 0 fully saturated rings. The van der Waals surface area contributed by atoms with E-state index < -0.39 is 0 Å². The smallest absolute Gasteiger partial charge is 0.0132 e. The van der Waals surface area contributed by atoms with E-state index in [-0.39, 0.29) is 5.41 Å². The molecule has 120 valence electrons. The van der Waals surface area contributed by atoms with Crippen LogP contribution in [0, 0.1) is 12.3 Å². The standard InChI is InChI=1S/2C11H16/c1-9-5-7-10(8-6-9)11(2,3)4;1-11(2,3)9-10-7-5-4-6-8-10/h5-8H,1-4H3;4-8H,9H2,1-3H3. The number of hydrogen-bond acceptors (Lipinski definition) is 0. The summed E-state index contributed by atoms with van der Waals surface area (Å²) in [6.07, 6.45) is 1.16. The van der Waals surface area contributed by atoms with Gasteiger partial charge < -0.3 is 0 Å². The molecule has 0 atom stereocenters. The number of hydrogen-bond donors (Lipinski definition) is 0. The molecule has 0 aromatic heterocycles. The Balaban J connectivity index is 0.000000220. The average molecular weight is 296 g/mol. The first-order valence-corrected chi connectivity index (χ1v) is 8.19. The van der Waals surface area contributed by atoms with E-state index >= 15 is 0 Å². The van der Waals surface area contributed by atoms with E-state index in [1.807, 2.05) is 0 Å². The predicted molar refractivity (Wildman–Crippen MR) is 99.5 cm³/mol. The van der Waals surface area contributed by atoms with E-state index in [0.29, 0.717) is 5.41 Å². The van der Waals surface area contributed by atoms with Gasteiger partial charge in [0.05, 0.1) is 0 Å². The zero-order valence-electron chi connectivity index (χ0n) is 15.4. The van der Waals surface area contributed by atoms with Gasteiger partial charge in [0, 0.05) is 0 Å². The van der Waals surface area contributed by atoms with Crippen LogP contribution < -0.4 is 0 Å². The molecule has 0 N–H and O–H groups in total. The average Bonchev–Trinajstić information content (AvgIpc) is 2.38. The van der Waals surface area contributed by atoms with Gasteiger partial charge in [-0.1, -0.05) is 102 Å². The number of aryl methyl sites for hydroxylation is 1. The van der Waals surface area contributed by atoms with Crippen molar-refractivity contribution in [3.8, 4) is 0 Å². The molecule has 0 saturated heterocycles. The third-order valence-corrected chi connectivity index (χ3v) is 3.49. The lowest BCUT2D eigenvalue weighted by Crippen LogP contribution is -2.10.